The second-order valence-electron chi connectivity index (χ2n) is 5.16. The molecule has 0 amide bonds. The van der Waals surface area contributed by atoms with Gasteiger partial charge in [0.15, 0.2) is 0 Å². The van der Waals surface area contributed by atoms with Crippen molar-refractivity contribution < 1.29 is 0 Å². The summed E-state index contributed by atoms with van der Waals surface area (Å²) < 4.78 is 0. The van der Waals surface area contributed by atoms with E-state index >= 15 is 0 Å². The Morgan fingerprint density at radius 3 is 2.00 bits per heavy atom. The SMILES string of the molecule is [B]C(CC(C)C)(c1ccccc1)C(C)C. The highest BCUT2D eigenvalue weighted by Gasteiger charge is 2.30. The molecule has 80 valence electrons. The second-order valence-corrected chi connectivity index (χ2v) is 5.16. The van der Waals surface area contributed by atoms with Gasteiger partial charge in [0.25, 0.3) is 0 Å². The van der Waals surface area contributed by atoms with Crippen LogP contribution in [0.25, 0.3) is 0 Å². The fourth-order valence-corrected chi connectivity index (χ4v) is 2.11. The van der Waals surface area contributed by atoms with Gasteiger partial charge >= 0.3 is 0 Å². The molecule has 0 spiro atoms. The molecule has 2 radical (unpaired) electrons. The molecule has 15 heavy (non-hydrogen) atoms. The fourth-order valence-electron chi connectivity index (χ4n) is 2.11. The number of rotatable bonds is 4. The van der Waals surface area contributed by atoms with Crippen molar-refractivity contribution in [3.63, 3.8) is 0 Å². The van der Waals surface area contributed by atoms with Gasteiger partial charge in [-0.2, -0.15) is 0 Å². The first-order valence-electron chi connectivity index (χ1n) is 5.81. The van der Waals surface area contributed by atoms with E-state index in [4.69, 9.17) is 7.85 Å². The first kappa shape index (κ1) is 12.4. The van der Waals surface area contributed by atoms with Crippen molar-refractivity contribution in [2.75, 3.05) is 0 Å². The van der Waals surface area contributed by atoms with Crippen LogP contribution in [0.15, 0.2) is 30.3 Å². The van der Waals surface area contributed by atoms with Crippen molar-refractivity contribution in [1.29, 1.82) is 0 Å². The largest absolute Gasteiger partial charge is 0.0814 e. The quantitative estimate of drug-likeness (QED) is 0.649. The maximum absolute atomic E-state index is 6.56. The van der Waals surface area contributed by atoms with Crippen molar-refractivity contribution in [3.8, 4) is 0 Å². The molecule has 0 aromatic heterocycles. The zero-order chi connectivity index (χ0) is 11.5. The molecule has 0 heterocycles. The predicted molar refractivity (Wildman–Crippen MR) is 68.2 cm³/mol. The molecule has 0 nitrogen and oxygen atoms in total. The number of hydrogen-bond donors (Lipinski definition) is 0. The molecule has 1 rings (SSSR count). The summed E-state index contributed by atoms with van der Waals surface area (Å²) in [5.74, 6) is 1.08. The minimum Gasteiger partial charge on any atom is -0.0628 e. The summed E-state index contributed by atoms with van der Waals surface area (Å²) in [6, 6.07) is 10.5. The van der Waals surface area contributed by atoms with Gasteiger partial charge in [0.1, 0.15) is 0 Å². The summed E-state index contributed by atoms with van der Waals surface area (Å²) in [6.45, 7) is 8.87. The van der Waals surface area contributed by atoms with Crippen LogP contribution in [0.4, 0.5) is 0 Å². The maximum Gasteiger partial charge on any atom is 0.0814 e. The van der Waals surface area contributed by atoms with Crippen LogP contribution in [-0.2, 0) is 5.31 Å². The van der Waals surface area contributed by atoms with Crippen LogP contribution in [-0.4, -0.2) is 7.85 Å². The Hall–Kier alpha value is -0.715. The molecule has 0 aliphatic rings. The molecule has 0 bridgehead atoms. The summed E-state index contributed by atoms with van der Waals surface area (Å²) >= 11 is 0. The van der Waals surface area contributed by atoms with Gasteiger partial charge in [-0.25, -0.2) is 0 Å². The maximum atomic E-state index is 6.56. The third-order valence-corrected chi connectivity index (χ3v) is 3.09. The van der Waals surface area contributed by atoms with Gasteiger partial charge in [0.05, 0.1) is 7.85 Å². The van der Waals surface area contributed by atoms with Crippen LogP contribution in [0, 0.1) is 11.8 Å². The lowest BCUT2D eigenvalue weighted by molar-refractivity contribution is 0.358. The van der Waals surface area contributed by atoms with Crippen LogP contribution >= 0.6 is 0 Å². The molecule has 0 aliphatic carbocycles. The third-order valence-electron chi connectivity index (χ3n) is 3.09. The van der Waals surface area contributed by atoms with Crippen molar-refractivity contribution in [2.24, 2.45) is 11.8 Å². The Labute approximate surface area is 95.5 Å². The second kappa shape index (κ2) is 4.87. The van der Waals surface area contributed by atoms with Crippen molar-refractivity contribution in [1.82, 2.24) is 0 Å². The van der Waals surface area contributed by atoms with Gasteiger partial charge in [-0.1, -0.05) is 63.6 Å². The molecule has 0 saturated heterocycles. The molecule has 0 aliphatic heterocycles. The minimum atomic E-state index is -0.185. The lowest BCUT2D eigenvalue weighted by Gasteiger charge is -2.37. The van der Waals surface area contributed by atoms with Gasteiger partial charge in [-0.3, -0.25) is 0 Å². The van der Waals surface area contributed by atoms with E-state index in [1.807, 2.05) is 6.07 Å². The van der Waals surface area contributed by atoms with Gasteiger partial charge in [-0.05, 0) is 23.6 Å². The van der Waals surface area contributed by atoms with Crippen molar-refractivity contribution >= 4 is 7.85 Å². The Kier molecular flexibility index (Phi) is 4.01. The Bertz CT molecular complexity index is 289. The van der Waals surface area contributed by atoms with Crippen LogP contribution in [0.5, 0.6) is 0 Å². The highest BCUT2D eigenvalue weighted by atomic mass is 14.3. The van der Waals surface area contributed by atoms with Crippen molar-refractivity contribution in [2.45, 2.75) is 39.4 Å². The molecule has 0 fully saturated rings. The van der Waals surface area contributed by atoms with E-state index in [2.05, 4.69) is 52.0 Å². The van der Waals surface area contributed by atoms with Gasteiger partial charge in [0, 0.05) is 0 Å². The van der Waals surface area contributed by atoms with Crippen LogP contribution in [0.1, 0.15) is 39.7 Å². The molecule has 1 aromatic carbocycles. The van der Waals surface area contributed by atoms with Gasteiger partial charge in [-0.15, -0.1) is 0 Å². The van der Waals surface area contributed by atoms with E-state index in [1.165, 1.54) is 5.56 Å². The summed E-state index contributed by atoms with van der Waals surface area (Å²) in [6.07, 6.45) is 1.04. The van der Waals surface area contributed by atoms with Crippen LogP contribution < -0.4 is 0 Å². The number of benzene rings is 1. The van der Waals surface area contributed by atoms with Crippen LogP contribution in [0.2, 0.25) is 0 Å². The van der Waals surface area contributed by atoms with E-state index in [-0.39, 0.29) is 5.31 Å². The van der Waals surface area contributed by atoms with E-state index in [9.17, 15) is 0 Å². The molecular weight excluding hydrogens is 179 g/mol. The first-order valence-corrected chi connectivity index (χ1v) is 5.81. The average molecular weight is 200 g/mol. The molecule has 1 unspecified atom stereocenters. The summed E-state index contributed by atoms with van der Waals surface area (Å²) in [5.41, 5.74) is 1.26. The first-order chi connectivity index (χ1) is 6.97. The molecule has 0 N–H and O–H groups in total. The molecule has 1 atom stereocenters. The molecule has 0 saturated carbocycles. The average Bonchev–Trinajstić information content (AvgIpc) is 2.17. The summed E-state index contributed by atoms with van der Waals surface area (Å²) in [7, 11) is 6.56. The van der Waals surface area contributed by atoms with E-state index in [0.717, 1.165) is 6.42 Å². The third kappa shape index (κ3) is 2.87. The molecule has 1 heteroatoms. The standard InChI is InChI=1S/C14H21B/c1-11(2)10-14(15,12(3)4)13-8-6-5-7-9-13/h5-9,11-12H,10H2,1-4H3. The normalized spacial score (nSPS) is 15.6. The fraction of sp³-hybridized carbons (Fsp3) is 0.571. The van der Waals surface area contributed by atoms with Crippen molar-refractivity contribution in [3.05, 3.63) is 35.9 Å². The highest BCUT2D eigenvalue weighted by Crippen LogP contribution is 2.34. The predicted octanol–water partition coefficient (Wildman–Crippen LogP) is 3.75. The van der Waals surface area contributed by atoms with Gasteiger partial charge in [0.2, 0.25) is 0 Å². The molecule has 1 aromatic rings. The monoisotopic (exact) mass is 200 g/mol. The topological polar surface area (TPSA) is 0 Å². The lowest BCUT2D eigenvalue weighted by Crippen LogP contribution is -2.34. The molecular formula is C14H21B. The zero-order valence-electron chi connectivity index (χ0n) is 10.3. The van der Waals surface area contributed by atoms with Gasteiger partial charge < -0.3 is 0 Å². The van der Waals surface area contributed by atoms with E-state index in [0.29, 0.717) is 11.8 Å². The summed E-state index contributed by atoms with van der Waals surface area (Å²) in [4.78, 5) is 0. The summed E-state index contributed by atoms with van der Waals surface area (Å²) in [5, 5.41) is -0.185. The zero-order valence-corrected chi connectivity index (χ0v) is 10.3. The Morgan fingerprint density at radius 2 is 1.60 bits per heavy atom. The van der Waals surface area contributed by atoms with E-state index in [1.54, 1.807) is 0 Å². The Balaban J connectivity index is 3.02. The van der Waals surface area contributed by atoms with E-state index < -0.39 is 0 Å². The lowest BCUT2D eigenvalue weighted by atomic mass is 9.54. The minimum absolute atomic E-state index is 0.185. The smallest absolute Gasteiger partial charge is 0.0628 e. The highest BCUT2D eigenvalue weighted by molar-refractivity contribution is 6.16. The Morgan fingerprint density at radius 1 is 1.07 bits per heavy atom. The number of hydrogen-bond acceptors (Lipinski definition) is 0. The van der Waals surface area contributed by atoms with Crippen LogP contribution in [0.3, 0.4) is 0 Å².